The molecule has 0 aliphatic carbocycles. The van der Waals surface area contributed by atoms with E-state index in [-0.39, 0.29) is 0 Å². The molecule has 0 saturated carbocycles. The molecule has 0 saturated heterocycles. The molecule has 0 atom stereocenters. The Balaban J connectivity index is 2.12. The Labute approximate surface area is 141 Å². The zero-order valence-electron chi connectivity index (χ0n) is 13.3. The van der Waals surface area contributed by atoms with Gasteiger partial charge in [-0.25, -0.2) is 0 Å². The van der Waals surface area contributed by atoms with Gasteiger partial charge in [0.05, 0.1) is 0 Å². The molecule has 0 aliphatic rings. The molecule has 112 valence electrons. The maximum atomic E-state index is 2.31. The molecule has 0 radical (unpaired) electrons. The highest BCUT2D eigenvalue weighted by molar-refractivity contribution is 7.23. The van der Waals surface area contributed by atoms with Crippen molar-refractivity contribution in [3.8, 4) is 21.6 Å². The normalized spacial score (nSPS) is 11.0. The molecular weight excluding hydrogens is 296 g/mol. The molecule has 0 bridgehead atoms. The first-order valence-electron chi connectivity index (χ1n) is 7.88. The van der Waals surface area contributed by atoms with E-state index in [2.05, 4.69) is 86.6 Å². The number of aryl methyl sites for hydroxylation is 2. The number of hydrogen-bond acceptors (Lipinski definition) is 1. The lowest BCUT2D eigenvalue weighted by atomic mass is 9.96. The van der Waals surface area contributed by atoms with Gasteiger partial charge in [-0.15, -0.1) is 11.3 Å². The fraction of sp³-hybridized carbons (Fsp3) is 0.0909. The number of thiophene rings is 1. The SMILES string of the molecule is Cc1cc(C)c2c(-c3ccccc3)c(-c3ccccc3)sc2c1. The Kier molecular flexibility index (Phi) is 3.51. The molecule has 4 aromatic rings. The Morgan fingerprint density at radius 2 is 1.30 bits per heavy atom. The molecule has 0 aliphatic heterocycles. The quantitative estimate of drug-likeness (QED) is 0.379. The van der Waals surface area contributed by atoms with Gasteiger partial charge in [-0.3, -0.25) is 0 Å². The Morgan fingerprint density at radius 3 is 1.96 bits per heavy atom. The summed E-state index contributed by atoms with van der Waals surface area (Å²) in [6.07, 6.45) is 0. The van der Waals surface area contributed by atoms with Crippen LogP contribution >= 0.6 is 11.3 Å². The predicted octanol–water partition coefficient (Wildman–Crippen LogP) is 6.85. The molecule has 23 heavy (non-hydrogen) atoms. The molecule has 0 unspecified atom stereocenters. The first kappa shape index (κ1) is 14.2. The van der Waals surface area contributed by atoms with Crippen molar-refractivity contribution in [1.29, 1.82) is 0 Å². The zero-order chi connectivity index (χ0) is 15.8. The molecule has 0 amide bonds. The molecule has 0 nitrogen and oxygen atoms in total. The summed E-state index contributed by atoms with van der Waals surface area (Å²) in [6, 6.07) is 26.1. The van der Waals surface area contributed by atoms with Crippen molar-refractivity contribution in [3.63, 3.8) is 0 Å². The minimum Gasteiger partial charge on any atom is -0.135 e. The van der Waals surface area contributed by atoms with Gasteiger partial charge >= 0.3 is 0 Å². The van der Waals surface area contributed by atoms with Crippen LogP contribution < -0.4 is 0 Å². The summed E-state index contributed by atoms with van der Waals surface area (Å²) < 4.78 is 1.38. The molecule has 0 spiro atoms. The predicted molar refractivity (Wildman–Crippen MR) is 102 cm³/mol. The summed E-state index contributed by atoms with van der Waals surface area (Å²) in [7, 11) is 0. The number of rotatable bonds is 2. The highest BCUT2D eigenvalue weighted by Gasteiger charge is 2.17. The van der Waals surface area contributed by atoms with Gasteiger partial charge in [0.2, 0.25) is 0 Å². The van der Waals surface area contributed by atoms with E-state index >= 15 is 0 Å². The Hall–Kier alpha value is -2.38. The molecule has 0 fully saturated rings. The summed E-state index contributed by atoms with van der Waals surface area (Å²) >= 11 is 1.90. The van der Waals surface area contributed by atoms with E-state index in [1.807, 2.05) is 11.3 Å². The summed E-state index contributed by atoms with van der Waals surface area (Å²) in [6.45, 7) is 4.40. The largest absolute Gasteiger partial charge is 0.135 e. The van der Waals surface area contributed by atoms with Crippen molar-refractivity contribution in [1.82, 2.24) is 0 Å². The summed E-state index contributed by atoms with van der Waals surface area (Å²) in [5.74, 6) is 0. The van der Waals surface area contributed by atoms with E-state index in [0.717, 1.165) is 0 Å². The fourth-order valence-electron chi connectivity index (χ4n) is 3.28. The van der Waals surface area contributed by atoms with Crippen molar-refractivity contribution in [2.24, 2.45) is 0 Å². The molecular formula is C22H18S. The third kappa shape index (κ3) is 2.47. The second-order valence-electron chi connectivity index (χ2n) is 5.99. The lowest BCUT2D eigenvalue weighted by Gasteiger charge is -2.07. The van der Waals surface area contributed by atoms with Crippen LogP contribution in [0.2, 0.25) is 0 Å². The van der Waals surface area contributed by atoms with Crippen molar-refractivity contribution < 1.29 is 0 Å². The third-order valence-electron chi connectivity index (χ3n) is 4.23. The van der Waals surface area contributed by atoms with E-state index < -0.39 is 0 Å². The molecule has 1 heterocycles. The Morgan fingerprint density at radius 1 is 0.696 bits per heavy atom. The van der Waals surface area contributed by atoms with Crippen molar-refractivity contribution in [3.05, 3.63) is 83.9 Å². The first-order chi connectivity index (χ1) is 11.2. The zero-order valence-corrected chi connectivity index (χ0v) is 14.2. The maximum absolute atomic E-state index is 2.31. The Bertz CT molecular complexity index is 963. The smallest absolute Gasteiger partial charge is 0.0433 e. The lowest BCUT2D eigenvalue weighted by Crippen LogP contribution is -1.83. The van der Waals surface area contributed by atoms with Crippen molar-refractivity contribution in [2.45, 2.75) is 13.8 Å². The molecule has 1 heteroatoms. The first-order valence-corrected chi connectivity index (χ1v) is 8.70. The van der Waals surface area contributed by atoms with Crippen molar-refractivity contribution in [2.75, 3.05) is 0 Å². The van der Waals surface area contributed by atoms with Gasteiger partial charge in [0, 0.05) is 20.5 Å². The second-order valence-corrected chi connectivity index (χ2v) is 7.05. The topological polar surface area (TPSA) is 0 Å². The molecule has 0 N–H and O–H groups in total. The van der Waals surface area contributed by atoms with Gasteiger partial charge in [0.1, 0.15) is 0 Å². The summed E-state index contributed by atoms with van der Waals surface area (Å²) in [5, 5.41) is 1.39. The summed E-state index contributed by atoms with van der Waals surface area (Å²) in [5.41, 5.74) is 6.65. The van der Waals surface area contributed by atoms with Gasteiger partial charge in [0.15, 0.2) is 0 Å². The van der Waals surface area contributed by atoms with Gasteiger partial charge in [-0.05, 0) is 42.2 Å². The van der Waals surface area contributed by atoms with E-state index in [1.54, 1.807) is 0 Å². The van der Waals surface area contributed by atoms with Gasteiger partial charge < -0.3 is 0 Å². The number of fused-ring (bicyclic) bond motifs is 1. The molecule has 3 aromatic carbocycles. The fourth-order valence-corrected chi connectivity index (χ4v) is 4.68. The average molecular weight is 314 g/mol. The van der Waals surface area contributed by atoms with Crippen LogP contribution in [0.1, 0.15) is 11.1 Å². The van der Waals surface area contributed by atoms with Crippen LogP contribution in [0.4, 0.5) is 0 Å². The molecule has 1 aromatic heterocycles. The van der Waals surface area contributed by atoms with Crippen LogP contribution in [-0.2, 0) is 0 Å². The standard InChI is InChI=1S/C22H18S/c1-15-13-16(2)20-19(14-15)23-22(18-11-7-4-8-12-18)21(20)17-9-5-3-6-10-17/h3-14H,1-2H3. The van der Waals surface area contributed by atoms with Crippen LogP contribution in [0.25, 0.3) is 31.7 Å². The van der Waals surface area contributed by atoms with Crippen molar-refractivity contribution >= 4 is 21.4 Å². The average Bonchev–Trinajstić information content (AvgIpc) is 2.96. The number of benzene rings is 3. The second kappa shape index (κ2) is 5.68. The van der Waals surface area contributed by atoms with E-state index in [4.69, 9.17) is 0 Å². The minimum atomic E-state index is 1.30. The maximum Gasteiger partial charge on any atom is 0.0433 e. The van der Waals surface area contributed by atoms with Crippen LogP contribution in [0.3, 0.4) is 0 Å². The van der Waals surface area contributed by atoms with E-state index in [9.17, 15) is 0 Å². The molecule has 4 rings (SSSR count). The van der Waals surface area contributed by atoms with E-state index in [0.29, 0.717) is 0 Å². The highest BCUT2D eigenvalue weighted by Crippen LogP contribution is 2.46. The van der Waals surface area contributed by atoms with Gasteiger partial charge in [-0.2, -0.15) is 0 Å². The lowest BCUT2D eigenvalue weighted by molar-refractivity contribution is 1.44. The van der Waals surface area contributed by atoms with Crippen LogP contribution in [0, 0.1) is 13.8 Å². The number of hydrogen-bond donors (Lipinski definition) is 0. The van der Waals surface area contributed by atoms with Gasteiger partial charge in [0.25, 0.3) is 0 Å². The monoisotopic (exact) mass is 314 g/mol. The third-order valence-corrected chi connectivity index (χ3v) is 5.42. The minimum absolute atomic E-state index is 1.30. The summed E-state index contributed by atoms with van der Waals surface area (Å²) in [4.78, 5) is 1.36. The van der Waals surface area contributed by atoms with Crippen LogP contribution in [-0.4, -0.2) is 0 Å². The van der Waals surface area contributed by atoms with E-state index in [1.165, 1.54) is 42.8 Å². The highest BCUT2D eigenvalue weighted by atomic mass is 32.1. The van der Waals surface area contributed by atoms with Crippen LogP contribution in [0.5, 0.6) is 0 Å². The van der Waals surface area contributed by atoms with Crippen LogP contribution in [0.15, 0.2) is 72.8 Å². The van der Waals surface area contributed by atoms with Gasteiger partial charge in [-0.1, -0.05) is 66.7 Å².